The van der Waals surface area contributed by atoms with Crippen molar-refractivity contribution >= 4 is 21.8 Å². The fourth-order valence-electron chi connectivity index (χ4n) is 2.87. The van der Waals surface area contributed by atoms with Crippen LogP contribution in [0.2, 0.25) is 0 Å². The Balaban J connectivity index is 1.81. The van der Waals surface area contributed by atoms with Gasteiger partial charge in [-0.1, -0.05) is 13.3 Å². The standard InChI is InChI=1S/C17H27N3O5S/c1-3-4-8-20(26(2,23)24)9-7-16(21)18-10-12-19(13-11-18)17(22)15-6-5-14-25-15/h5-6,14H,3-4,7-13H2,1-2H3. The smallest absolute Gasteiger partial charge is 0.289 e. The Bertz CT molecular complexity index is 694. The summed E-state index contributed by atoms with van der Waals surface area (Å²) >= 11 is 0. The van der Waals surface area contributed by atoms with Crippen molar-refractivity contribution in [2.24, 2.45) is 0 Å². The summed E-state index contributed by atoms with van der Waals surface area (Å²) in [6.45, 7) is 4.40. The van der Waals surface area contributed by atoms with Gasteiger partial charge in [0.1, 0.15) is 0 Å². The molecule has 26 heavy (non-hydrogen) atoms. The summed E-state index contributed by atoms with van der Waals surface area (Å²) in [6, 6.07) is 3.29. The Hall–Kier alpha value is -1.87. The van der Waals surface area contributed by atoms with Gasteiger partial charge in [-0.15, -0.1) is 0 Å². The van der Waals surface area contributed by atoms with Crippen LogP contribution in [0.1, 0.15) is 36.7 Å². The summed E-state index contributed by atoms with van der Waals surface area (Å²) in [6.07, 6.45) is 4.45. The quantitative estimate of drug-likeness (QED) is 0.666. The lowest BCUT2D eigenvalue weighted by molar-refractivity contribution is -0.132. The van der Waals surface area contributed by atoms with E-state index >= 15 is 0 Å². The molecule has 1 aromatic heterocycles. The molecule has 0 unspecified atom stereocenters. The van der Waals surface area contributed by atoms with E-state index in [1.807, 2.05) is 6.92 Å². The molecule has 0 spiro atoms. The van der Waals surface area contributed by atoms with Gasteiger partial charge in [0, 0.05) is 45.7 Å². The van der Waals surface area contributed by atoms with E-state index in [1.54, 1.807) is 21.9 Å². The predicted molar refractivity (Wildman–Crippen MR) is 97.1 cm³/mol. The van der Waals surface area contributed by atoms with E-state index in [9.17, 15) is 18.0 Å². The molecule has 9 heteroatoms. The maximum atomic E-state index is 12.4. The number of hydrogen-bond acceptors (Lipinski definition) is 5. The van der Waals surface area contributed by atoms with Crippen molar-refractivity contribution in [3.63, 3.8) is 0 Å². The van der Waals surface area contributed by atoms with Crippen molar-refractivity contribution in [1.82, 2.24) is 14.1 Å². The second-order valence-electron chi connectivity index (χ2n) is 6.42. The molecular weight excluding hydrogens is 358 g/mol. The maximum absolute atomic E-state index is 12.4. The Morgan fingerprint density at radius 1 is 1.15 bits per heavy atom. The molecule has 1 aromatic rings. The molecule has 0 saturated carbocycles. The summed E-state index contributed by atoms with van der Waals surface area (Å²) in [4.78, 5) is 28.0. The molecule has 0 aliphatic carbocycles. The molecule has 2 rings (SSSR count). The van der Waals surface area contributed by atoms with Gasteiger partial charge in [-0.3, -0.25) is 9.59 Å². The minimum Gasteiger partial charge on any atom is -0.459 e. The Morgan fingerprint density at radius 2 is 1.81 bits per heavy atom. The van der Waals surface area contributed by atoms with Gasteiger partial charge in [0.15, 0.2) is 5.76 Å². The van der Waals surface area contributed by atoms with Gasteiger partial charge >= 0.3 is 0 Å². The van der Waals surface area contributed by atoms with E-state index in [-0.39, 0.29) is 24.8 Å². The average molecular weight is 385 g/mol. The van der Waals surface area contributed by atoms with Crippen LogP contribution in [-0.4, -0.2) is 79.9 Å². The highest BCUT2D eigenvalue weighted by Crippen LogP contribution is 2.11. The van der Waals surface area contributed by atoms with Gasteiger partial charge in [-0.2, -0.15) is 0 Å². The van der Waals surface area contributed by atoms with Crippen LogP contribution in [0.4, 0.5) is 0 Å². The highest BCUT2D eigenvalue weighted by atomic mass is 32.2. The third-order valence-electron chi connectivity index (χ3n) is 4.46. The summed E-state index contributed by atoms with van der Waals surface area (Å²) in [5.74, 6) is 0.0367. The molecule has 1 saturated heterocycles. The number of carbonyl (C=O) groups is 2. The van der Waals surface area contributed by atoms with Crippen molar-refractivity contribution in [3.8, 4) is 0 Å². The number of sulfonamides is 1. The lowest BCUT2D eigenvalue weighted by atomic mass is 10.2. The minimum atomic E-state index is -3.31. The van der Waals surface area contributed by atoms with Gasteiger partial charge in [-0.05, 0) is 18.6 Å². The highest BCUT2D eigenvalue weighted by Gasteiger charge is 2.26. The molecule has 0 radical (unpaired) electrons. The van der Waals surface area contributed by atoms with Crippen molar-refractivity contribution < 1.29 is 22.4 Å². The largest absolute Gasteiger partial charge is 0.459 e. The first kappa shape index (κ1) is 20.4. The first-order valence-corrected chi connectivity index (χ1v) is 10.7. The molecule has 2 heterocycles. The number of piperazine rings is 1. The molecule has 146 valence electrons. The van der Waals surface area contributed by atoms with Crippen molar-refractivity contribution in [2.75, 3.05) is 45.5 Å². The zero-order chi connectivity index (χ0) is 19.2. The third kappa shape index (κ3) is 5.57. The van der Waals surface area contributed by atoms with Crippen molar-refractivity contribution in [1.29, 1.82) is 0 Å². The molecule has 1 aliphatic rings. The lowest BCUT2D eigenvalue weighted by Gasteiger charge is -2.34. The third-order valence-corrected chi connectivity index (χ3v) is 5.76. The number of unbranched alkanes of at least 4 members (excludes halogenated alkanes) is 1. The topological polar surface area (TPSA) is 91.1 Å². The molecular formula is C17H27N3O5S. The predicted octanol–water partition coefficient (Wildman–Crippen LogP) is 1.02. The molecule has 1 aliphatic heterocycles. The van der Waals surface area contributed by atoms with Crippen LogP contribution < -0.4 is 0 Å². The van der Waals surface area contributed by atoms with E-state index < -0.39 is 10.0 Å². The number of furan rings is 1. The van der Waals surface area contributed by atoms with Crippen LogP contribution in [-0.2, 0) is 14.8 Å². The molecule has 0 bridgehead atoms. The Morgan fingerprint density at radius 3 is 2.35 bits per heavy atom. The monoisotopic (exact) mass is 385 g/mol. The summed E-state index contributed by atoms with van der Waals surface area (Å²) in [5.41, 5.74) is 0. The molecule has 0 atom stereocenters. The molecule has 1 fully saturated rings. The van der Waals surface area contributed by atoms with Crippen LogP contribution in [0.3, 0.4) is 0 Å². The molecule has 8 nitrogen and oxygen atoms in total. The second kappa shape index (κ2) is 9.18. The second-order valence-corrected chi connectivity index (χ2v) is 8.40. The fourth-order valence-corrected chi connectivity index (χ4v) is 3.76. The molecule has 0 aromatic carbocycles. The van der Waals surface area contributed by atoms with E-state index in [2.05, 4.69) is 0 Å². The van der Waals surface area contributed by atoms with Gasteiger partial charge in [-0.25, -0.2) is 12.7 Å². The van der Waals surface area contributed by atoms with Gasteiger partial charge in [0.05, 0.1) is 12.5 Å². The Labute approximate surface area is 154 Å². The first-order valence-electron chi connectivity index (χ1n) is 8.88. The Kier molecular flexibility index (Phi) is 7.22. The minimum absolute atomic E-state index is 0.0831. The van der Waals surface area contributed by atoms with Crippen molar-refractivity contribution in [3.05, 3.63) is 24.2 Å². The van der Waals surface area contributed by atoms with E-state index in [1.165, 1.54) is 16.8 Å². The van der Waals surface area contributed by atoms with E-state index in [0.717, 1.165) is 12.8 Å². The first-order chi connectivity index (χ1) is 12.3. The van der Waals surface area contributed by atoms with Crippen LogP contribution in [0.15, 0.2) is 22.8 Å². The molecule has 2 amide bonds. The number of nitrogens with zero attached hydrogens (tertiary/aromatic N) is 3. The summed E-state index contributed by atoms with van der Waals surface area (Å²) < 4.78 is 30.1. The lowest BCUT2D eigenvalue weighted by Crippen LogP contribution is -2.51. The van der Waals surface area contributed by atoms with Gasteiger partial charge in [0.25, 0.3) is 5.91 Å². The number of hydrogen-bond donors (Lipinski definition) is 0. The van der Waals surface area contributed by atoms with Crippen LogP contribution in [0.5, 0.6) is 0 Å². The van der Waals surface area contributed by atoms with Gasteiger partial charge < -0.3 is 14.2 Å². The normalized spacial score (nSPS) is 15.5. The van der Waals surface area contributed by atoms with Crippen LogP contribution in [0.25, 0.3) is 0 Å². The fraction of sp³-hybridized carbons (Fsp3) is 0.647. The van der Waals surface area contributed by atoms with E-state index in [4.69, 9.17) is 4.42 Å². The number of amides is 2. The SMILES string of the molecule is CCCCN(CCC(=O)N1CCN(C(=O)c2ccco2)CC1)S(C)(=O)=O. The van der Waals surface area contributed by atoms with E-state index in [0.29, 0.717) is 38.5 Å². The zero-order valence-electron chi connectivity index (χ0n) is 15.4. The molecule has 0 N–H and O–H groups in total. The number of rotatable bonds is 8. The van der Waals surface area contributed by atoms with Crippen LogP contribution in [0, 0.1) is 0 Å². The average Bonchev–Trinajstić information content (AvgIpc) is 3.14. The van der Waals surface area contributed by atoms with Crippen LogP contribution >= 0.6 is 0 Å². The zero-order valence-corrected chi connectivity index (χ0v) is 16.2. The summed E-state index contributed by atoms with van der Waals surface area (Å²) in [7, 11) is -3.31. The van der Waals surface area contributed by atoms with Gasteiger partial charge in [0.2, 0.25) is 15.9 Å². The maximum Gasteiger partial charge on any atom is 0.289 e. The van der Waals surface area contributed by atoms with Crippen molar-refractivity contribution in [2.45, 2.75) is 26.2 Å². The summed E-state index contributed by atoms with van der Waals surface area (Å²) in [5, 5.41) is 0. The highest BCUT2D eigenvalue weighted by molar-refractivity contribution is 7.88. The number of carbonyl (C=O) groups excluding carboxylic acids is 2.